The van der Waals surface area contributed by atoms with Crippen LogP contribution in [-0.4, -0.2) is 62.1 Å². The SMILES string of the molecule is C=C[C@@H](C[C@H](O)[C@H](CC1CCCCC1)NC(=O)[C@H](Cc1c[nH]cn1)NC(=O)[C@H](Cc1ccccc1)NC(=O)CCc1ccc(O)cc1)C(C)C. The van der Waals surface area contributed by atoms with Crippen LogP contribution in [0.1, 0.15) is 82.0 Å². The molecule has 50 heavy (non-hydrogen) atoms. The first kappa shape index (κ1) is 38.4. The highest BCUT2D eigenvalue weighted by Gasteiger charge is 2.33. The van der Waals surface area contributed by atoms with Crippen LogP contribution in [0.2, 0.25) is 0 Å². The molecular formula is C40H55N5O5. The smallest absolute Gasteiger partial charge is 0.243 e. The Labute approximate surface area is 296 Å². The van der Waals surface area contributed by atoms with Crippen LogP contribution in [0, 0.1) is 17.8 Å². The van der Waals surface area contributed by atoms with Crippen molar-refractivity contribution in [2.24, 2.45) is 17.8 Å². The molecule has 0 spiro atoms. The number of aliphatic hydroxyl groups excluding tert-OH is 1. The first-order valence-corrected chi connectivity index (χ1v) is 18.1. The summed E-state index contributed by atoms with van der Waals surface area (Å²) in [5, 5.41) is 30.1. The Kier molecular flexibility index (Phi) is 15.1. The summed E-state index contributed by atoms with van der Waals surface area (Å²) in [6.07, 6.45) is 12.0. The second-order valence-electron chi connectivity index (χ2n) is 14.1. The number of nitrogens with one attached hydrogen (secondary N) is 4. The predicted molar refractivity (Wildman–Crippen MR) is 195 cm³/mol. The van der Waals surface area contributed by atoms with E-state index in [1.54, 1.807) is 30.5 Å². The number of rotatable bonds is 19. The number of hydrogen-bond acceptors (Lipinski definition) is 6. The number of hydrogen-bond donors (Lipinski definition) is 6. The van der Waals surface area contributed by atoms with E-state index >= 15 is 0 Å². The zero-order chi connectivity index (χ0) is 35.9. The molecule has 2 aromatic carbocycles. The van der Waals surface area contributed by atoms with E-state index in [4.69, 9.17) is 0 Å². The number of nitrogens with zero attached hydrogens (tertiary/aromatic N) is 1. The van der Waals surface area contributed by atoms with E-state index in [9.17, 15) is 24.6 Å². The molecule has 0 unspecified atom stereocenters. The van der Waals surface area contributed by atoms with Gasteiger partial charge < -0.3 is 31.1 Å². The Morgan fingerprint density at radius 1 is 0.920 bits per heavy atom. The van der Waals surface area contributed by atoms with Crippen LogP contribution in [0.15, 0.2) is 79.8 Å². The van der Waals surface area contributed by atoms with Gasteiger partial charge in [0.2, 0.25) is 17.7 Å². The van der Waals surface area contributed by atoms with E-state index in [2.05, 4.69) is 46.3 Å². The van der Waals surface area contributed by atoms with E-state index in [0.29, 0.717) is 30.9 Å². The van der Waals surface area contributed by atoms with Crippen molar-refractivity contribution in [3.05, 3.63) is 96.6 Å². The number of aromatic nitrogens is 2. The summed E-state index contributed by atoms with van der Waals surface area (Å²) in [6, 6.07) is 13.6. The van der Waals surface area contributed by atoms with E-state index < -0.39 is 36.0 Å². The van der Waals surface area contributed by atoms with Gasteiger partial charge in [-0.2, -0.15) is 0 Å². The third-order valence-electron chi connectivity index (χ3n) is 9.89. The summed E-state index contributed by atoms with van der Waals surface area (Å²) >= 11 is 0. The molecule has 1 saturated carbocycles. The molecule has 3 aromatic rings. The molecule has 4 rings (SSSR count). The summed E-state index contributed by atoms with van der Waals surface area (Å²) in [7, 11) is 0. The Morgan fingerprint density at radius 3 is 2.24 bits per heavy atom. The standard InChI is InChI=1S/C40H55N5O5/c1-4-31(27(2)3)23-37(47)34(21-29-11-7-5-8-12-29)44-40(50)36(24-32-25-41-26-42-32)45-39(49)35(22-30-13-9-6-10-14-30)43-38(48)20-17-28-15-18-33(46)19-16-28/h4,6,9-10,13-16,18-19,25-27,29,31,34-37,46-47H,1,5,7-8,11-12,17,20-24H2,2-3H3,(H,41,42)(H,43,48)(H,44,50)(H,45,49)/t31-,34-,35-,36-,37-/m0/s1. The third kappa shape index (κ3) is 12.5. The third-order valence-corrected chi connectivity index (χ3v) is 9.89. The van der Waals surface area contributed by atoms with Crippen molar-refractivity contribution in [2.75, 3.05) is 0 Å². The number of aromatic amines is 1. The summed E-state index contributed by atoms with van der Waals surface area (Å²) in [6.45, 7) is 8.17. The molecule has 1 aromatic heterocycles. The Bertz CT molecular complexity index is 1470. The molecule has 10 nitrogen and oxygen atoms in total. The molecular weight excluding hydrogens is 630 g/mol. The highest BCUT2D eigenvalue weighted by molar-refractivity contribution is 5.92. The minimum absolute atomic E-state index is 0.0895. The summed E-state index contributed by atoms with van der Waals surface area (Å²) in [5.74, 6) is -0.269. The molecule has 6 N–H and O–H groups in total. The molecule has 1 fully saturated rings. The van der Waals surface area contributed by atoms with Gasteiger partial charge in [0.15, 0.2) is 0 Å². The lowest BCUT2D eigenvalue weighted by molar-refractivity contribution is -0.132. The van der Waals surface area contributed by atoms with Crippen molar-refractivity contribution in [1.82, 2.24) is 25.9 Å². The predicted octanol–water partition coefficient (Wildman–Crippen LogP) is 5.17. The van der Waals surface area contributed by atoms with Crippen LogP contribution in [-0.2, 0) is 33.6 Å². The first-order valence-electron chi connectivity index (χ1n) is 18.1. The molecule has 0 bridgehead atoms. The maximum Gasteiger partial charge on any atom is 0.243 e. The number of carbonyl (C=O) groups is 3. The lowest BCUT2D eigenvalue weighted by Gasteiger charge is -2.33. The molecule has 1 aliphatic rings. The number of H-pyrrole nitrogens is 1. The zero-order valence-corrected chi connectivity index (χ0v) is 29.5. The van der Waals surface area contributed by atoms with Gasteiger partial charge in [-0.15, -0.1) is 6.58 Å². The van der Waals surface area contributed by atoms with Crippen molar-refractivity contribution >= 4 is 17.7 Å². The highest BCUT2D eigenvalue weighted by Crippen LogP contribution is 2.30. The van der Waals surface area contributed by atoms with Gasteiger partial charge in [-0.3, -0.25) is 14.4 Å². The van der Waals surface area contributed by atoms with Gasteiger partial charge in [-0.25, -0.2) is 4.98 Å². The number of allylic oxidation sites excluding steroid dienone is 1. The number of benzene rings is 2. The summed E-state index contributed by atoms with van der Waals surface area (Å²) in [5.41, 5.74) is 2.34. The van der Waals surface area contributed by atoms with Gasteiger partial charge in [-0.1, -0.05) is 94.5 Å². The largest absolute Gasteiger partial charge is 0.508 e. The van der Waals surface area contributed by atoms with Gasteiger partial charge in [0.25, 0.3) is 0 Å². The van der Waals surface area contributed by atoms with Crippen molar-refractivity contribution in [1.29, 1.82) is 0 Å². The van der Waals surface area contributed by atoms with Crippen molar-refractivity contribution in [2.45, 2.75) is 109 Å². The van der Waals surface area contributed by atoms with Gasteiger partial charge in [0, 0.05) is 25.5 Å². The molecule has 0 radical (unpaired) electrons. The van der Waals surface area contributed by atoms with Gasteiger partial charge in [0.05, 0.1) is 24.2 Å². The van der Waals surface area contributed by atoms with Gasteiger partial charge in [-0.05, 0) is 60.3 Å². The van der Waals surface area contributed by atoms with Crippen molar-refractivity contribution < 1.29 is 24.6 Å². The maximum absolute atomic E-state index is 14.1. The number of phenols is 1. The van der Waals surface area contributed by atoms with Crippen LogP contribution in [0.25, 0.3) is 0 Å². The number of amides is 3. The molecule has 0 aliphatic heterocycles. The Hall–Kier alpha value is -4.44. The van der Waals surface area contributed by atoms with Crippen LogP contribution in [0.3, 0.4) is 0 Å². The number of phenolic OH excluding ortho intramolecular Hbond substituents is 1. The highest BCUT2D eigenvalue weighted by atomic mass is 16.3. The zero-order valence-electron chi connectivity index (χ0n) is 29.5. The Balaban J connectivity index is 1.52. The molecule has 270 valence electrons. The van der Waals surface area contributed by atoms with E-state index in [0.717, 1.165) is 36.8 Å². The summed E-state index contributed by atoms with van der Waals surface area (Å²) < 4.78 is 0. The average Bonchev–Trinajstić information content (AvgIpc) is 3.63. The number of aromatic hydroxyl groups is 1. The van der Waals surface area contributed by atoms with E-state index in [1.807, 2.05) is 36.4 Å². The van der Waals surface area contributed by atoms with Gasteiger partial charge >= 0.3 is 0 Å². The van der Waals surface area contributed by atoms with Crippen molar-refractivity contribution in [3.8, 4) is 5.75 Å². The Morgan fingerprint density at radius 2 is 1.60 bits per heavy atom. The van der Waals surface area contributed by atoms with Crippen LogP contribution >= 0.6 is 0 Å². The average molecular weight is 686 g/mol. The molecule has 0 saturated heterocycles. The normalized spacial score (nSPS) is 16.5. The topological polar surface area (TPSA) is 156 Å². The van der Waals surface area contributed by atoms with Crippen LogP contribution in [0.4, 0.5) is 0 Å². The lowest BCUT2D eigenvalue weighted by Crippen LogP contribution is -2.57. The fraction of sp³-hybridized carbons (Fsp3) is 0.500. The minimum Gasteiger partial charge on any atom is -0.508 e. The van der Waals surface area contributed by atoms with E-state index in [1.165, 1.54) is 12.7 Å². The molecule has 10 heteroatoms. The quantitative estimate of drug-likeness (QED) is 0.0957. The molecule has 3 amide bonds. The molecule has 1 heterocycles. The van der Waals surface area contributed by atoms with Crippen molar-refractivity contribution in [3.63, 3.8) is 0 Å². The lowest BCUT2D eigenvalue weighted by atomic mass is 9.81. The van der Waals surface area contributed by atoms with Gasteiger partial charge in [0.1, 0.15) is 17.8 Å². The second kappa shape index (κ2) is 19.7. The number of imidazole rings is 1. The number of aryl methyl sites for hydroxylation is 1. The van der Waals surface area contributed by atoms with Crippen LogP contribution < -0.4 is 16.0 Å². The summed E-state index contributed by atoms with van der Waals surface area (Å²) in [4.78, 5) is 48.5. The fourth-order valence-corrected chi connectivity index (χ4v) is 6.80. The second-order valence-corrected chi connectivity index (χ2v) is 14.1. The maximum atomic E-state index is 14.1. The minimum atomic E-state index is -1.00. The van der Waals surface area contributed by atoms with E-state index in [-0.39, 0.29) is 42.8 Å². The van der Waals surface area contributed by atoms with Crippen LogP contribution in [0.5, 0.6) is 5.75 Å². The molecule has 1 aliphatic carbocycles. The molecule has 5 atom stereocenters. The monoisotopic (exact) mass is 685 g/mol. The number of carbonyl (C=O) groups excluding carboxylic acids is 3. The fourth-order valence-electron chi connectivity index (χ4n) is 6.80. The number of aliphatic hydroxyl groups is 1. The first-order chi connectivity index (χ1) is 24.1.